The molecule has 4 heteroatoms. The first-order chi connectivity index (χ1) is 13.5. The molecule has 28 heavy (non-hydrogen) atoms. The van der Waals surface area contributed by atoms with Gasteiger partial charge in [0.25, 0.3) is 6.08 Å². The molecule has 0 bridgehead atoms. The lowest BCUT2D eigenvalue weighted by molar-refractivity contribution is 0.301. The molecular formula is C24H32F4. The maximum atomic E-state index is 14.6. The fourth-order valence-corrected chi connectivity index (χ4v) is 4.94. The molecule has 0 spiro atoms. The first-order valence-corrected chi connectivity index (χ1v) is 11.0. The van der Waals surface area contributed by atoms with Crippen LogP contribution in [0.1, 0.15) is 107 Å². The third-order valence-electron chi connectivity index (χ3n) is 6.80. The summed E-state index contributed by atoms with van der Waals surface area (Å²) in [7, 11) is 0. The summed E-state index contributed by atoms with van der Waals surface area (Å²) < 4.78 is 54.2. The molecule has 0 saturated heterocycles. The number of unbranched alkanes of at least 4 members (excludes halogenated alkanes) is 4. The SMILES string of the molecule is CCCCCCCC1CCC(c2cc(F)c(C3CC(=C(F)F)C3)c(F)c2)CC1. The highest BCUT2D eigenvalue weighted by molar-refractivity contribution is 5.36. The molecule has 0 heterocycles. The van der Waals surface area contributed by atoms with Crippen LogP contribution in [0.15, 0.2) is 23.8 Å². The quantitative estimate of drug-likeness (QED) is 0.305. The molecule has 0 nitrogen and oxygen atoms in total. The van der Waals surface area contributed by atoms with Gasteiger partial charge in [0.2, 0.25) is 0 Å². The normalized spacial score (nSPS) is 24.9. The van der Waals surface area contributed by atoms with Crippen LogP contribution in [0.2, 0.25) is 0 Å². The van der Waals surface area contributed by atoms with Gasteiger partial charge in [0.1, 0.15) is 11.6 Å². The van der Waals surface area contributed by atoms with Crippen LogP contribution < -0.4 is 0 Å². The van der Waals surface area contributed by atoms with E-state index in [0.717, 1.165) is 37.2 Å². The van der Waals surface area contributed by atoms with E-state index >= 15 is 0 Å². The second-order valence-electron chi connectivity index (χ2n) is 8.79. The minimum atomic E-state index is -1.70. The van der Waals surface area contributed by atoms with Crippen molar-refractivity contribution in [2.24, 2.45) is 5.92 Å². The minimum Gasteiger partial charge on any atom is -0.207 e. The van der Waals surface area contributed by atoms with Crippen molar-refractivity contribution < 1.29 is 17.6 Å². The predicted octanol–water partition coefficient (Wildman–Crippen LogP) is 8.63. The molecule has 0 N–H and O–H groups in total. The molecule has 0 radical (unpaired) electrons. The van der Waals surface area contributed by atoms with Gasteiger partial charge in [-0.25, -0.2) is 8.78 Å². The summed E-state index contributed by atoms with van der Waals surface area (Å²) in [5, 5.41) is 0. The molecule has 0 aliphatic heterocycles. The second kappa shape index (κ2) is 9.93. The first kappa shape index (κ1) is 21.4. The molecule has 156 valence electrons. The molecule has 1 aromatic rings. The van der Waals surface area contributed by atoms with Crippen LogP contribution in [0.25, 0.3) is 0 Å². The summed E-state index contributed by atoms with van der Waals surface area (Å²) in [6, 6.07) is 2.92. The van der Waals surface area contributed by atoms with Crippen molar-refractivity contribution in [2.45, 2.75) is 95.8 Å². The molecular weight excluding hydrogens is 364 g/mol. The summed E-state index contributed by atoms with van der Waals surface area (Å²) in [5.74, 6) is -0.598. The van der Waals surface area contributed by atoms with Crippen LogP contribution in [-0.4, -0.2) is 0 Å². The van der Waals surface area contributed by atoms with Crippen molar-refractivity contribution >= 4 is 0 Å². The molecule has 2 saturated carbocycles. The van der Waals surface area contributed by atoms with Crippen molar-refractivity contribution in [2.75, 3.05) is 0 Å². The third-order valence-corrected chi connectivity index (χ3v) is 6.80. The van der Waals surface area contributed by atoms with Gasteiger partial charge in [0, 0.05) is 5.56 Å². The predicted molar refractivity (Wildman–Crippen MR) is 106 cm³/mol. The average molecular weight is 397 g/mol. The van der Waals surface area contributed by atoms with E-state index in [4.69, 9.17) is 0 Å². The van der Waals surface area contributed by atoms with Crippen LogP contribution >= 0.6 is 0 Å². The molecule has 0 aromatic heterocycles. The van der Waals surface area contributed by atoms with Gasteiger partial charge in [0.05, 0.1) is 0 Å². The highest BCUT2D eigenvalue weighted by atomic mass is 19.3. The zero-order chi connectivity index (χ0) is 20.1. The molecule has 2 aliphatic rings. The van der Waals surface area contributed by atoms with E-state index in [1.54, 1.807) is 0 Å². The number of rotatable bonds is 8. The number of halogens is 4. The molecule has 2 aliphatic carbocycles. The van der Waals surface area contributed by atoms with Gasteiger partial charge in [-0.15, -0.1) is 0 Å². The Bertz CT molecular complexity index is 651. The summed E-state index contributed by atoms with van der Waals surface area (Å²) in [6.07, 6.45) is 10.5. The maximum Gasteiger partial charge on any atom is 0.269 e. The minimum absolute atomic E-state index is 0.00508. The summed E-state index contributed by atoms with van der Waals surface area (Å²) >= 11 is 0. The lowest BCUT2D eigenvalue weighted by Crippen LogP contribution is -2.18. The Morgan fingerprint density at radius 2 is 1.46 bits per heavy atom. The number of allylic oxidation sites excluding steroid dienone is 1. The second-order valence-corrected chi connectivity index (χ2v) is 8.79. The Morgan fingerprint density at radius 3 is 2.04 bits per heavy atom. The number of hydrogen-bond acceptors (Lipinski definition) is 0. The van der Waals surface area contributed by atoms with E-state index in [9.17, 15) is 17.6 Å². The van der Waals surface area contributed by atoms with Gasteiger partial charge in [0.15, 0.2) is 0 Å². The summed E-state index contributed by atoms with van der Waals surface area (Å²) in [5.41, 5.74) is 0.766. The molecule has 3 rings (SSSR count). The first-order valence-electron chi connectivity index (χ1n) is 11.0. The van der Waals surface area contributed by atoms with Gasteiger partial charge >= 0.3 is 0 Å². The molecule has 0 amide bonds. The van der Waals surface area contributed by atoms with Gasteiger partial charge in [-0.2, -0.15) is 8.78 Å². The zero-order valence-electron chi connectivity index (χ0n) is 16.9. The Morgan fingerprint density at radius 1 is 0.857 bits per heavy atom. The van der Waals surface area contributed by atoms with Crippen LogP contribution in [0.3, 0.4) is 0 Å². The van der Waals surface area contributed by atoms with Crippen LogP contribution in [0.4, 0.5) is 17.6 Å². The van der Waals surface area contributed by atoms with Crippen molar-refractivity contribution in [3.05, 3.63) is 46.5 Å². The third kappa shape index (κ3) is 5.18. The van der Waals surface area contributed by atoms with Gasteiger partial charge in [-0.05, 0) is 79.5 Å². The van der Waals surface area contributed by atoms with Gasteiger partial charge in [-0.1, -0.05) is 45.4 Å². The van der Waals surface area contributed by atoms with Crippen LogP contribution in [0, 0.1) is 17.6 Å². The van der Waals surface area contributed by atoms with Crippen molar-refractivity contribution in [3.63, 3.8) is 0 Å². The van der Waals surface area contributed by atoms with E-state index in [1.165, 1.54) is 50.7 Å². The lowest BCUT2D eigenvalue weighted by atomic mass is 9.74. The van der Waals surface area contributed by atoms with Crippen molar-refractivity contribution in [1.29, 1.82) is 0 Å². The Labute approximate surface area is 166 Å². The van der Waals surface area contributed by atoms with E-state index in [1.807, 2.05) is 0 Å². The Hall–Kier alpha value is -1.32. The highest BCUT2D eigenvalue weighted by Gasteiger charge is 2.33. The topological polar surface area (TPSA) is 0 Å². The Kier molecular flexibility index (Phi) is 7.59. The smallest absolute Gasteiger partial charge is 0.207 e. The summed E-state index contributed by atoms with van der Waals surface area (Å²) in [4.78, 5) is 0. The van der Waals surface area contributed by atoms with Gasteiger partial charge in [-0.3, -0.25) is 0 Å². The average Bonchev–Trinajstić information content (AvgIpc) is 2.62. The number of benzene rings is 1. The van der Waals surface area contributed by atoms with Crippen molar-refractivity contribution in [1.82, 2.24) is 0 Å². The standard InChI is InChI=1S/C24H32F4/c1-2-3-4-5-6-7-16-8-10-17(11-9-16)18-14-21(25)23(22(26)15-18)19-12-20(13-19)24(27)28/h14-17,19H,2-13H2,1H3. The van der Waals surface area contributed by atoms with E-state index in [0.29, 0.717) is 0 Å². The van der Waals surface area contributed by atoms with E-state index < -0.39 is 23.6 Å². The fraction of sp³-hybridized carbons (Fsp3) is 0.667. The maximum absolute atomic E-state index is 14.6. The van der Waals surface area contributed by atoms with Gasteiger partial charge < -0.3 is 0 Å². The monoisotopic (exact) mass is 396 g/mol. The van der Waals surface area contributed by atoms with E-state index in [2.05, 4.69) is 6.92 Å². The van der Waals surface area contributed by atoms with Crippen molar-refractivity contribution in [3.8, 4) is 0 Å². The Balaban J connectivity index is 1.52. The van der Waals surface area contributed by atoms with E-state index in [-0.39, 0.29) is 29.9 Å². The summed E-state index contributed by atoms with van der Waals surface area (Å²) in [6.45, 7) is 2.23. The molecule has 1 aromatic carbocycles. The molecule has 2 fully saturated rings. The molecule has 0 atom stereocenters. The highest BCUT2D eigenvalue weighted by Crippen LogP contribution is 2.46. The fourth-order valence-electron chi connectivity index (χ4n) is 4.94. The largest absolute Gasteiger partial charge is 0.269 e. The zero-order valence-corrected chi connectivity index (χ0v) is 16.9. The van der Waals surface area contributed by atoms with Crippen LogP contribution in [0.5, 0.6) is 0 Å². The molecule has 0 unspecified atom stereocenters. The lowest BCUT2D eigenvalue weighted by Gasteiger charge is -2.31. The van der Waals surface area contributed by atoms with Crippen LogP contribution in [-0.2, 0) is 0 Å². The number of hydrogen-bond donors (Lipinski definition) is 0.